The normalized spacial score (nSPS) is 18.2. The van der Waals surface area contributed by atoms with E-state index in [0.717, 1.165) is 11.0 Å². The van der Waals surface area contributed by atoms with E-state index >= 15 is 0 Å². The van der Waals surface area contributed by atoms with E-state index in [1.165, 1.54) is 49.4 Å². The summed E-state index contributed by atoms with van der Waals surface area (Å²) in [6.45, 7) is 5.99. The molecule has 12 nitrogen and oxygen atoms in total. The number of rotatable bonds is 10. The molecule has 0 aromatic heterocycles. The highest BCUT2D eigenvalue weighted by Crippen LogP contribution is 2.39. The van der Waals surface area contributed by atoms with E-state index in [9.17, 15) is 34.9 Å². The molecular formula is C26H26ClN3O9S. The van der Waals surface area contributed by atoms with Gasteiger partial charge in [0.05, 0.1) is 27.9 Å². The number of non-ortho nitro benzene ring substituents is 2. The lowest BCUT2D eigenvalue weighted by atomic mass is 9.87. The molecule has 3 atom stereocenters. The molecule has 3 rings (SSSR count). The summed E-state index contributed by atoms with van der Waals surface area (Å²) in [5, 5.41) is 31.9. The third-order valence-electron chi connectivity index (χ3n) is 5.89. The lowest BCUT2D eigenvalue weighted by molar-refractivity contribution is -0.385. The number of nitrogens with zero attached hydrogens (tertiary/aromatic N) is 3. The van der Waals surface area contributed by atoms with Crippen molar-refractivity contribution in [1.82, 2.24) is 4.90 Å². The van der Waals surface area contributed by atoms with Crippen LogP contribution in [0.4, 0.5) is 11.4 Å². The smallest absolute Gasteiger partial charge is 0.273 e. The fourth-order valence-electron chi connectivity index (χ4n) is 3.70. The van der Waals surface area contributed by atoms with E-state index in [2.05, 4.69) is 0 Å². The van der Waals surface area contributed by atoms with Gasteiger partial charge in [0.2, 0.25) is 16.7 Å². The average molecular weight is 592 g/mol. The molecule has 0 aliphatic carbocycles. The highest BCUT2D eigenvalue weighted by atomic mass is 35.5. The van der Waals surface area contributed by atoms with Gasteiger partial charge in [0.25, 0.3) is 11.4 Å². The molecule has 0 spiro atoms. The molecule has 212 valence electrons. The molecule has 0 bridgehead atoms. The first kappa shape index (κ1) is 30.6. The van der Waals surface area contributed by atoms with Crippen molar-refractivity contribution in [2.45, 2.75) is 45.9 Å². The van der Waals surface area contributed by atoms with Crippen molar-refractivity contribution in [2.75, 3.05) is 0 Å². The zero-order valence-corrected chi connectivity index (χ0v) is 23.5. The van der Waals surface area contributed by atoms with Crippen LogP contribution in [0, 0.1) is 31.6 Å². The third kappa shape index (κ3) is 6.61. The number of ether oxygens (including phenoxy) is 2. The number of carbonyl (C=O) groups excluding carboxylic acids is 2. The molecule has 0 radical (unpaired) electrons. The number of aliphatic hydroxyl groups is 1. The molecular weight excluding hydrogens is 566 g/mol. The van der Waals surface area contributed by atoms with Crippen molar-refractivity contribution in [3.05, 3.63) is 85.8 Å². The van der Waals surface area contributed by atoms with Crippen LogP contribution < -0.4 is 4.74 Å². The van der Waals surface area contributed by atoms with Crippen molar-refractivity contribution in [2.24, 2.45) is 11.3 Å². The second-order valence-corrected chi connectivity index (χ2v) is 10.8. The van der Waals surface area contributed by atoms with Crippen LogP contribution in [0.15, 0.2) is 60.0 Å². The maximum Gasteiger partial charge on any atom is 0.273 e. The fourth-order valence-corrected chi connectivity index (χ4v) is 4.46. The first-order chi connectivity index (χ1) is 18.6. The summed E-state index contributed by atoms with van der Waals surface area (Å²) in [7, 11) is 0. The minimum atomic E-state index is -1.13. The van der Waals surface area contributed by atoms with Gasteiger partial charge in [-0.3, -0.25) is 34.7 Å². The van der Waals surface area contributed by atoms with Crippen LogP contribution >= 0.6 is 23.8 Å². The summed E-state index contributed by atoms with van der Waals surface area (Å²) in [5.74, 6) is -2.79. The van der Waals surface area contributed by atoms with E-state index in [4.69, 9.17) is 33.3 Å². The van der Waals surface area contributed by atoms with Gasteiger partial charge in [-0.15, -0.1) is 0 Å². The zero-order valence-electron chi connectivity index (χ0n) is 21.9. The number of amides is 1. The highest BCUT2D eigenvalue weighted by molar-refractivity contribution is 7.80. The van der Waals surface area contributed by atoms with Gasteiger partial charge in [-0.05, 0) is 42.9 Å². The second-order valence-electron chi connectivity index (χ2n) is 9.96. The van der Waals surface area contributed by atoms with Crippen LogP contribution in [0.2, 0.25) is 0 Å². The van der Waals surface area contributed by atoms with Crippen molar-refractivity contribution in [3.8, 4) is 5.75 Å². The third-order valence-corrected chi connectivity index (χ3v) is 6.67. The van der Waals surface area contributed by atoms with Gasteiger partial charge in [0.1, 0.15) is 23.6 Å². The summed E-state index contributed by atoms with van der Waals surface area (Å²) in [4.78, 5) is 48.8. The second kappa shape index (κ2) is 12.1. The van der Waals surface area contributed by atoms with Gasteiger partial charge >= 0.3 is 0 Å². The van der Waals surface area contributed by atoms with Gasteiger partial charge in [0.15, 0.2) is 5.76 Å². The van der Waals surface area contributed by atoms with E-state index in [0.29, 0.717) is 5.56 Å². The number of halogens is 1. The van der Waals surface area contributed by atoms with E-state index < -0.39 is 50.2 Å². The summed E-state index contributed by atoms with van der Waals surface area (Å²) < 4.78 is 11.6. The van der Waals surface area contributed by atoms with Crippen LogP contribution in [-0.2, 0) is 20.9 Å². The fraction of sp³-hybridized carbons (Fsp3) is 0.346. The predicted molar refractivity (Wildman–Crippen MR) is 147 cm³/mol. The van der Waals surface area contributed by atoms with Gasteiger partial charge in [-0.1, -0.05) is 38.4 Å². The van der Waals surface area contributed by atoms with Crippen LogP contribution in [0.5, 0.6) is 5.75 Å². The van der Waals surface area contributed by atoms with E-state index in [1.54, 1.807) is 20.8 Å². The Morgan fingerprint density at radius 1 is 1.12 bits per heavy atom. The zero-order chi connectivity index (χ0) is 29.9. The summed E-state index contributed by atoms with van der Waals surface area (Å²) in [6, 6.07) is 10.5. The lowest BCUT2D eigenvalue weighted by Crippen LogP contribution is -2.62. The number of carbonyl (C=O) groups is 2. The van der Waals surface area contributed by atoms with Gasteiger partial charge in [-0.2, -0.15) is 0 Å². The molecule has 1 N–H and O–H groups in total. The van der Waals surface area contributed by atoms with Gasteiger partial charge in [-0.25, -0.2) is 0 Å². The Labute approximate surface area is 239 Å². The number of hydrogen-bond donors (Lipinski definition) is 1. The van der Waals surface area contributed by atoms with E-state index in [1.807, 2.05) is 0 Å². The van der Waals surface area contributed by atoms with Crippen LogP contribution in [0.3, 0.4) is 0 Å². The van der Waals surface area contributed by atoms with Crippen LogP contribution in [0.1, 0.15) is 33.3 Å². The number of allylic oxidation sites excluding steroid dienone is 1. The Morgan fingerprint density at radius 3 is 2.23 bits per heavy atom. The molecule has 1 amide bonds. The number of β-lactam (4-membered cyclic amide) rings is 1. The molecule has 0 unspecified atom stereocenters. The number of Topliss-reactive ketones (excluding diaryl/α,β-unsaturated/α-hetero) is 1. The Balaban J connectivity index is 2.10. The van der Waals surface area contributed by atoms with Gasteiger partial charge < -0.3 is 14.6 Å². The van der Waals surface area contributed by atoms with E-state index in [-0.39, 0.29) is 34.5 Å². The lowest BCUT2D eigenvalue weighted by Gasteiger charge is -2.46. The first-order valence-corrected chi connectivity index (χ1v) is 12.7. The molecule has 1 heterocycles. The number of likely N-dealkylation sites (tertiary alicyclic amines) is 1. The van der Waals surface area contributed by atoms with Crippen molar-refractivity contribution in [3.63, 3.8) is 0 Å². The number of benzene rings is 2. The maximum atomic E-state index is 13.7. The number of alkyl halides is 1. The molecule has 2 aromatic rings. The Kier molecular flexibility index (Phi) is 9.23. The minimum Gasteiger partial charge on any atom is -0.477 e. The number of ketones is 1. The van der Waals surface area contributed by atoms with Crippen LogP contribution in [-0.4, -0.2) is 48.2 Å². The number of nitro groups is 2. The van der Waals surface area contributed by atoms with Crippen molar-refractivity contribution < 1.29 is 34.0 Å². The number of aliphatic hydroxyl groups excluding tert-OH is 1. The first-order valence-electron chi connectivity index (χ1n) is 11.9. The topological polar surface area (TPSA) is 162 Å². The molecule has 1 aliphatic heterocycles. The Hall–Kier alpha value is -3.94. The number of thiocarbonyl (C=S) groups is 1. The molecule has 0 saturated carbocycles. The highest BCUT2D eigenvalue weighted by Gasteiger charge is 2.53. The van der Waals surface area contributed by atoms with Gasteiger partial charge in [0, 0.05) is 23.6 Å². The molecule has 40 heavy (non-hydrogen) atoms. The predicted octanol–water partition coefficient (Wildman–Crippen LogP) is 4.66. The Bertz CT molecular complexity index is 1390. The average Bonchev–Trinajstić information content (AvgIpc) is 2.88. The summed E-state index contributed by atoms with van der Waals surface area (Å²) >= 11 is 12.0. The quantitative estimate of drug-likeness (QED) is 0.0601. The molecule has 14 heteroatoms. The molecule has 1 aliphatic rings. The summed E-state index contributed by atoms with van der Waals surface area (Å²) in [6.07, 6.45) is -1.11. The minimum absolute atomic E-state index is 0.0800. The number of hydrogen-bond acceptors (Lipinski definition) is 10. The largest absolute Gasteiger partial charge is 0.477 e. The monoisotopic (exact) mass is 591 g/mol. The van der Waals surface area contributed by atoms with Crippen LogP contribution in [0.25, 0.3) is 0 Å². The van der Waals surface area contributed by atoms with Crippen molar-refractivity contribution in [1.29, 1.82) is 0 Å². The maximum absolute atomic E-state index is 13.7. The Morgan fingerprint density at radius 2 is 1.73 bits per heavy atom. The van der Waals surface area contributed by atoms with Crippen molar-refractivity contribution >= 4 is 51.9 Å². The number of nitro benzene ring substituents is 2. The molecule has 2 aromatic carbocycles. The standard InChI is InChI=1S/C26H26ClN3O9S/c1-14(31)19-23(27)28(24(19)33)20(25(40)38-13-15-8-10-16(11-9-15)29(34)35)21(22(32)26(2,3)4)39-18-7-5-6-17(12-18)30(36)37/h5-12,14,19,23,31H,13H2,1-4H3/t14-,19-,23-/m1/s1. The SMILES string of the molecule is C[C@@H](O)[C@H]1C(=O)N(C(C(=S)OCc2ccc([N+](=O)[O-])cc2)=C(Oc2cccc([N+](=O)[O-])c2)C(=O)C(C)(C)C)[C@H]1Cl. The summed E-state index contributed by atoms with van der Waals surface area (Å²) in [5.41, 5.74) is -2.42. The molecule has 1 fully saturated rings. The molecule has 1 saturated heterocycles.